The molecule has 2 aromatic carbocycles. The molecular weight excluding hydrogens is 420 g/mol. The highest BCUT2D eigenvalue weighted by Gasteiger charge is 2.53. The van der Waals surface area contributed by atoms with E-state index in [0.717, 1.165) is 10.5 Å². The maximum atomic E-state index is 13.4. The summed E-state index contributed by atoms with van der Waals surface area (Å²) in [6.07, 6.45) is -0.182. The van der Waals surface area contributed by atoms with Gasteiger partial charge in [0.05, 0.1) is 19.1 Å². The molecule has 0 aliphatic carbocycles. The number of carbonyl (C=O) groups is 3. The summed E-state index contributed by atoms with van der Waals surface area (Å²) < 4.78 is 11.1. The van der Waals surface area contributed by atoms with Crippen LogP contribution in [0.2, 0.25) is 5.02 Å². The SMILES string of the molecule is COc1cccc(C2(CC(=O)N3CCOc4ccc(Cl)cc4C3)CC(=O)N(C)C2=O)c1. The number of hydrogen-bond donors (Lipinski definition) is 0. The number of ether oxygens (including phenoxy) is 2. The van der Waals surface area contributed by atoms with Crippen molar-refractivity contribution in [2.45, 2.75) is 24.8 Å². The number of methoxy groups -OCH3 is 1. The summed E-state index contributed by atoms with van der Waals surface area (Å²) in [5, 5.41) is 0.558. The molecule has 2 heterocycles. The maximum Gasteiger partial charge on any atom is 0.240 e. The molecule has 31 heavy (non-hydrogen) atoms. The summed E-state index contributed by atoms with van der Waals surface area (Å²) in [6.45, 7) is 1.03. The number of likely N-dealkylation sites (N-methyl/N-ethyl adjacent to an activating group) is 1. The van der Waals surface area contributed by atoms with Crippen LogP contribution in [0.1, 0.15) is 24.0 Å². The summed E-state index contributed by atoms with van der Waals surface area (Å²) in [7, 11) is 2.99. The van der Waals surface area contributed by atoms with Gasteiger partial charge in [-0.3, -0.25) is 19.3 Å². The van der Waals surface area contributed by atoms with E-state index in [1.165, 1.54) is 14.2 Å². The van der Waals surface area contributed by atoms with E-state index in [1.807, 2.05) is 0 Å². The smallest absolute Gasteiger partial charge is 0.240 e. The molecule has 1 unspecified atom stereocenters. The fraction of sp³-hybridized carbons (Fsp3) is 0.348. The van der Waals surface area contributed by atoms with Gasteiger partial charge in [0.2, 0.25) is 17.7 Å². The first-order valence-corrected chi connectivity index (χ1v) is 10.4. The van der Waals surface area contributed by atoms with Crippen molar-refractivity contribution in [1.29, 1.82) is 0 Å². The van der Waals surface area contributed by atoms with Gasteiger partial charge in [0.25, 0.3) is 0 Å². The highest BCUT2D eigenvalue weighted by molar-refractivity contribution is 6.30. The molecule has 0 radical (unpaired) electrons. The Morgan fingerprint density at radius 3 is 2.74 bits per heavy atom. The molecule has 162 valence electrons. The lowest BCUT2D eigenvalue weighted by Crippen LogP contribution is -2.43. The predicted molar refractivity (Wildman–Crippen MR) is 114 cm³/mol. The first-order chi connectivity index (χ1) is 14.8. The summed E-state index contributed by atoms with van der Waals surface area (Å²) in [5.74, 6) is 0.334. The van der Waals surface area contributed by atoms with Crippen molar-refractivity contribution in [2.75, 3.05) is 27.3 Å². The minimum Gasteiger partial charge on any atom is -0.497 e. The van der Waals surface area contributed by atoms with Gasteiger partial charge in [0.1, 0.15) is 18.1 Å². The second-order valence-corrected chi connectivity index (χ2v) is 8.28. The molecule has 0 spiro atoms. The monoisotopic (exact) mass is 442 g/mol. The molecule has 2 aliphatic heterocycles. The predicted octanol–water partition coefficient (Wildman–Crippen LogP) is 2.79. The zero-order chi connectivity index (χ0) is 22.2. The van der Waals surface area contributed by atoms with Crippen LogP contribution in [-0.2, 0) is 26.3 Å². The van der Waals surface area contributed by atoms with Gasteiger partial charge in [0.15, 0.2) is 0 Å². The van der Waals surface area contributed by atoms with Crippen LogP contribution in [0.25, 0.3) is 0 Å². The molecule has 3 amide bonds. The van der Waals surface area contributed by atoms with Crippen molar-refractivity contribution in [3.8, 4) is 11.5 Å². The van der Waals surface area contributed by atoms with Crippen molar-refractivity contribution in [2.24, 2.45) is 0 Å². The highest BCUT2D eigenvalue weighted by atomic mass is 35.5. The van der Waals surface area contributed by atoms with Crippen molar-refractivity contribution < 1.29 is 23.9 Å². The lowest BCUT2D eigenvalue weighted by Gasteiger charge is -2.30. The zero-order valence-electron chi connectivity index (χ0n) is 17.4. The van der Waals surface area contributed by atoms with Crippen LogP contribution in [-0.4, -0.2) is 54.8 Å². The number of halogens is 1. The van der Waals surface area contributed by atoms with Crippen LogP contribution >= 0.6 is 11.6 Å². The number of amides is 3. The molecule has 1 fully saturated rings. The van der Waals surface area contributed by atoms with Crippen LogP contribution in [0.3, 0.4) is 0 Å². The highest BCUT2D eigenvalue weighted by Crippen LogP contribution is 2.41. The number of benzene rings is 2. The molecule has 0 aromatic heterocycles. The van der Waals surface area contributed by atoms with E-state index in [-0.39, 0.29) is 30.6 Å². The third kappa shape index (κ3) is 3.85. The molecule has 2 aromatic rings. The van der Waals surface area contributed by atoms with E-state index in [4.69, 9.17) is 21.1 Å². The lowest BCUT2D eigenvalue weighted by molar-refractivity contribution is -0.141. The Morgan fingerprint density at radius 1 is 1.23 bits per heavy atom. The van der Waals surface area contributed by atoms with Gasteiger partial charge >= 0.3 is 0 Å². The first kappa shape index (κ1) is 21.2. The average molecular weight is 443 g/mol. The normalized spacial score (nSPS) is 20.9. The number of fused-ring (bicyclic) bond motifs is 1. The Hall–Kier alpha value is -3.06. The van der Waals surface area contributed by atoms with Crippen LogP contribution < -0.4 is 9.47 Å². The van der Waals surface area contributed by atoms with Crippen molar-refractivity contribution in [3.63, 3.8) is 0 Å². The average Bonchev–Trinajstić information content (AvgIpc) is 2.91. The quantitative estimate of drug-likeness (QED) is 0.680. The van der Waals surface area contributed by atoms with Gasteiger partial charge in [-0.05, 0) is 35.9 Å². The van der Waals surface area contributed by atoms with Crippen molar-refractivity contribution >= 4 is 29.3 Å². The number of hydrogen-bond acceptors (Lipinski definition) is 5. The van der Waals surface area contributed by atoms with E-state index >= 15 is 0 Å². The number of nitrogens with zero attached hydrogens (tertiary/aromatic N) is 2. The zero-order valence-corrected chi connectivity index (χ0v) is 18.1. The minimum atomic E-state index is -1.26. The molecule has 0 saturated carbocycles. The Balaban J connectivity index is 1.67. The lowest BCUT2D eigenvalue weighted by atomic mass is 9.75. The van der Waals surface area contributed by atoms with E-state index in [2.05, 4.69) is 0 Å². The second-order valence-electron chi connectivity index (χ2n) is 7.84. The fourth-order valence-electron chi connectivity index (χ4n) is 4.22. The molecule has 2 aliphatic rings. The van der Waals surface area contributed by atoms with E-state index in [1.54, 1.807) is 47.4 Å². The van der Waals surface area contributed by atoms with E-state index in [9.17, 15) is 14.4 Å². The summed E-state index contributed by atoms with van der Waals surface area (Å²) >= 11 is 6.12. The van der Waals surface area contributed by atoms with Crippen LogP contribution in [0, 0.1) is 0 Å². The van der Waals surface area contributed by atoms with Gasteiger partial charge in [-0.25, -0.2) is 0 Å². The topological polar surface area (TPSA) is 76.2 Å². The molecular formula is C23H23ClN2O5. The van der Waals surface area contributed by atoms with Gasteiger partial charge in [-0.2, -0.15) is 0 Å². The van der Waals surface area contributed by atoms with Gasteiger partial charge in [-0.1, -0.05) is 23.7 Å². The number of carbonyl (C=O) groups excluding carboxylic acids is 3. The largest absolute Gasteiger partial charge is 0.497 e. The Morgan fingerprint density at radius 2 is 2.03 bits per heavy atom. The van der Waals surface area contributed by atoms with Crippen molar-refractivity contribution in [3.05, 3.63) is 58.6 Å². The van der Waals surface area contributed by atoms with Gasteiger partial charge < -0.3 is 14.4 Å². The van der Waals surface area contributed by atoms with Crippen molar-refractivity contribution in [1.82, 2.24) is 9.80 Å². The van der Waals surface area contributed by atoms with Gasteiger partial charge in [-0.15, -0.1) is 0 Å². The standard InChI is InChI=1S/C23H23ClN2O5/c1-25-20(27)12-23(22(25)29,16-4-3-5-18(11-16)30-2)13-21(28)26-8-9-31-19-7-6-17(24)10-15(19)14-26/h3-7,10-11H,8-9,12-14H2,1-2H3. The summed E-state index contributed by atoms with van der Waals surface area (Å²) in [6, 6.07) is 12.3. The summed E-state index contributed by atoms with van der Waals surface area (Å²) in [4.78, 5) is 41.8. The Bertz CT molecular complexity index is 1060. The van der Waals surface area contributed by atoms with Gasteiger partial charge in [0, 0.05) is 37.0 Å². The van der Waals surface area contributed by atoms with E-state index in [0.29, 0.717) is 41.8 Å². The molecule has 7 nitrogen and oxygen atoms in total. The second kappa shape index (κ2) is 8.23. The fourth-order valence-corrected chi connectivity index (χ4v) is 4.41. The Labute approximate surface area is 185 Å². The maximum absolute atomic E-state index is 13.4. The molecule has 8 heteroatoms. The molecule has 1 saturated heterocycles. The third-order valence-electron chi connectivity index (χ3n) is 5.97. The number of likely N-dealkylation sites (tertiary alicyclic amines) is 1. The van der Waals surface area contributed by atoms with Crippen LogP contribution in [0.5, 0.6) is 11.5 Å². The third-order valence-corrected chi connectivity index (χ3v) is 6.21. The summed E-state index contributed by atoms with van der Waals surface area (Å²) in [5.41, 5.74) is 0.138. The van der Waals surface area contributed by atoms with Crippen LogP contribution in [0.4, 0.5) is 0 Å². The molecule has 0 bridgehead atoms. The number of imide groups is 1. The Kier molecular flexibility index (Phi) is 5.62. The first-order valence-electron chi connectivity index (χ1n) is 9.98. The van der Waals surface area contributed by atoms with Crippen LogP contribution in [0.15, 0.2) is 42.5 Å². The minimum absolute atomic E-state index is 0.0615. The molecule has 4 rings (SSSR count). The van der Waals surface area contributed by atoms with E-state index < -0.39 is 5.41 Å². The molecule has 0 N–H and O–H groups in total. The number of rotatable bonds is 4. The molecule has 1 atom stereocenters.